The molecule has 28 heavy (non-hydrogen) atoms. The summed E-state index contributed by atoms with van der Waals surface area (Å²) in [5.74, 6) is -0.260. The molecule has 1 aromatic rings. The summed E-state index contributed by atoms with van der Waals surface area (Å²) in [5.41, 5.74) is 1.13. The van der Waals surface area contributed by atoms with Gasteiger partial charge < -0.3 is 19.5 Å². The van der Waals surface area contributed by atoms with Crippen LogP contribution in [0, 0.1) is 0 Å². The lowest BCUT2D eigenvalue weighted by Crippen LogP contribution is -2.46. The molecule has 8 nitrogen and oxygen atoms in total. The zero-order valence-electron chi connectivity index (χ0n) is 16.2. The highest BCUT2D eigenvalue weighted by molar-refractivity contribution is 5.97. The van der Waals surface area contributed by atoms with E-state index in [9.17, 15) is 14.4 Å². The van der Waals surface area contributed by atoms with Crippen LogP contribution in [0.5, 0.6) is 11.5 Å². The van der Waals surface area contributed by atoms with E-state index in [0.717, 1.165) is 31.2 Å². The summed E-state index contributed by atoms with van der Waals surface area (Å²) in [5, 5.41) is 4.97. The first-order valence-electron chi connectivity index (χ1n) is 9.61. The van der Waals surface area contributed by atoms with E-state index in [-0.39, 0.29) is 17.7 Å². The van der Waals surface area contributed by atoms with Crippen LogP contribution >= 0.6 is 0 Å². The maximum Gasteiger partial charge on any atom is 0.338 e. The molecule has 1 heterocycles. The Balaban J connectivity index is 1.50. The van der Waals surface area contributed by atoms with E-state index in [1.54, 1.807) is 6.07 Å². The van der Waals surface area contributed by atoms with Gasteiger partial charge in [0.2, 0.25) is 0 Å². The van der Waals surface area contributed by atoms with Crippen LogP contribution in [0.2, 0.25) is 0 Å². The SMILES string of the molecule is COc1cc(C(=O)OCC(=O)NC(=O)NC2CCCCC2)cc2c1O[C@@H](C)C2. The molecule has 1 aliphatic carbocycles. The molecule has 1 atom stereocenters. The molecule has 2 aliphatic rings. The van der Waals surface area contributed by atoms with Crippen LogP contribution in [0.25, 0.3) is 0 Å². The zero-order chi connectivity index (χ0) is 20.1. The first-order valence-corrected chi connectivity index (χ1v) is 9.61. The highest BCUT2D eigenvalue weighted by Gasteiger charge is 2.26. The maximum atomic E-state index is 12.3. The van der Waals surface area contributed by atoms with E-state index < -0.39 is 24.5 Å². The van der Waals surface area contributed by atoms with Crippen LogP contribution in [-0.2, 0) is 16.0 Å². The van der Waals surface area contributed by atoms with Crippen molar-refractivity contribution in [2.24, 2.45) is 0 Å². The van der Waals surface area contributed by atoms with E-state index in [0.29, 0.717) is 17.9 Å². The number of ether oxygens (including phenoxy) is 3. The van der Waals surface area contributed by atoms with Crippen molar-refractivity contribution < 1.29 is 28.6 Å². The molecule has 0 radical (unpaired) electrons. The summed E-state index contributed by atoms with van der Waals surface area (Å²) in [6, 6.07) is 2.73. The molecule has 0 unspecified atom stereocenters. The number of imide groups is 1. The van der Waals surface area contributed by atoms with E-state index in [4.69, 9.17) is 14.2 Å². The average molecular weight is 390 g/mol. The normalized spacial score (nSPS) is 18.6. The van der Waals surface area contributed by atoms with Gasteiger partial charge >= 0.3 is 12.0 Å². The third-order valence-electron chi connectivity index (χ3n) is 4.94. The number of hydrogen-bond acceptors (Lipinski definition) is 6. The summed E-state index contributed by atoms with van der Waals surface area (Å²) in [6.07, 6.45) is 5.82. The van der Waals surface area contributed by atoms with Gasteiger partial charge in [0.15, 0.2) is 18.1 Å². The Labute approximate surface area is 163 Å². The van der Waals surface area contributed by atoms with Gasteiger partial charge in [-0.25, -0.2) is 9.59 Å². The fourth-order valence-corrected chi connectivity index (χ4v) is 3.61. The van der Waals surface area contributed by atoms with Gasteiger partial charge in [-0.05, 0) is 31.9 Å². The van der Waals surface area contributed by atoms with Gasteiger partial charge in [0, 0.05) is 18.0 Å². The Kier molecular flexibility index (Phi) is 6.38. The molecule has 1 aromatic carbocycles. The number of benzene rings is 1. The summed E-state index contributed by atoms with van der Waals surface area (Å²) in [6.45, 7) is 1.39. The monoisotopic (exact) mass is 390 g/mol. The van der Waals surface area contributed by atoms with Gasteiger partial charge in [0.25, 0.3) is 5.91 Å². The number of hydrogen-bond donors (Lipinski definition) is 2. The highest BCUT2D eigenvalue weighted by Crippen LogP contribution is 2.39. The Hall–Kier alpha value is -2.77. The van der Waals surface area contributed by atoms with Crippen LogP contribution in [0.1, 0.15) is 54.9 Å². The molecule has 0 bridgehead atoms. The van der Waals surface area contributed by atoms with Crippen molar-refractivity contribution in [2.45, 2.75) is 57.6 Å². The molecule has 1 aliphatic heterocycles. The summed E-state index contributed by atoms with van der Waals surface area (Å²) in [7, 11) is 1.50. The maximum absolute atomic E-state index is 12.3. The fraction of sp³-hybridized carbons (Fsp3) is 0.550. The molecule has 2 N–H and O–H groups in total. The molecular formula is C20H26N2O6. The average Bonchev–Trinajstić information content (AvgIpc) is 3.06. The lowest BCUT2D eigenvalue weighted by atomic mass is 9.96. The summed E-state index contributed by atoms with van der Waals surface area (Å²) >= 11 is 0. The number of carbonyl (C=O) groups excluding carboxylic acids is 3. The minimum Gasteiger partial charge on any atom is -0.493 e. The third-order valence-corrected chi connectivity index (χ3v) is 4.94. The van der Waals surface area contributed by atoms with Crippen LogP contribution in [0.15, 0.2) is 12.1 Å². The lowest BCUT2D eigenvalue weighted by Gasteiger charge is -2.22. The second kappa shape index (κ2) is 8.95. The number of amides is 3. The van der Waals surface area contributed by atoms with Crippen molar-refractivity contribution in [1.82, 2.24) is 10.6 Å². The van der Waals surface area contributed by atoms with Gasteiger partial charge in [0.05, 0.1) is 12.7 Å². The third kappa shape index (κ3) is 4.94. The van der Waals surface area contributed by atoms with Gasteiger partial charge in [-0.2, -0.15) is 0 Å². The fourth-order valence-electron chi connectivity index (χ4n) is 3.61. The lowest BCUT2D eigenvalue weighted by molar-refractivity contribution is -0.123. The van der Waals surface area contributed by atoms with Gasteiger partial charge in [-0.3, -0.25) is 10.1 Å². The molecule has 0 saturated heterocycles. The van der Waals surface area contributed by atoms with Crippen molar-refractivity contribution in [1.29, 1.82) is 0 Å². The van der Waals surface area contributed by atoms with Crippen molar-refractivity contribution in [3.05, 3.63) is 23.3 Å². The number of nitrogens with one attached hydrogen (secondary N) is 2. The Morgan fingerprint density at radius 2 is 1.93 bits per heavy atom. The molecular weight excluding hydrogens is 364 g/mol. The number of methoxy groups -OCH3 is 1. The zero-order valence-corrected chi connectivity index (χ0v) is 16.2. The minimum atomic E-state index is -0.674. The first kappa shape index (κ1) is 20.0. The van der Waals surface area contributed by atoms with Crippen molar-refractivity contribution in [3.8, 4) is 11.5 Å². The largest absolute Gasteiger partial charge is 0.493 e. The Bertz CT molecular complexity index is 757. The van der Waals surface area contributed by atoms with Crippen LogP contribution in [0.3, 0.4) is 0 Å². The molecule has 3 rings (SSSR count). The number of carbonyl (C=O) groups is 3. The van der Waals surface area contributed by atoms with Crippen molar-refractivity contribution in [2.75, 3.05) is 13.7 Å². The Morgan fingerprint density at radius 3 is 2.64 bits per heavy atom. The first-order chi connectivity index (χ1) is 13.5. The predicted octanol–water partition coefficient (Wildman–Crippen LogP) is 2.33. The molecule has 1 saturated carbocycles. The quantitative estimate of drug-likeness (QED) is 0.748. The van der Waals surface area contributed by atoms with Crippen LogP contribution < -0.4 is 20.1 Å². The smallest absolute Gasteiger partial charge is 0.338 e. The topological polar surface area (TPSA) is 103 Å². The summed E-state index contributed by atoms with van der Waals surface area (Å²) in [4.78, 5) is 36.1. The van der Waals surface area contributed by atoms with Gasteiger partial charge in [-0.15, -0.1) is 0 Å². The summed E-state index contributed by atoms with van der Waals surface area (Å²) < 4.78 is 16.0. The Morgan fingerprint density at radius 1 is 1.18 bits per heavy atom. The van der Waals surface area contributed by atoms with Crippen molar-refractivity contribution >= 4 is 17.9 Å². The minimum absolute atomic E-state index is 0.00336. The second-order valence-electron chi connectivity index (χ2n) is 7.23. The van der Waals surface area contributed by atoms with Crippen LogP contribution in [-0.4, -0.2) is 43.8 Å². The molecule has 1 fully saturated rings. The highest BCUT2D eigenvalue weighted by atomic mass is 16.5. The number of fused-ring (bicyclic) bond motifs is 1. The second-order valence-corrected chi connectivity index (χ2v) is 7.23. The molecule has 0 aromatic heterocycles. The van der Waals surface area contributed by atoms with E-state index in [2.05, 4.69) is 10.6 Å². The predicted molar refractivity (Wildman–Crippen MR) is 101 cm³/mol. The van der Waals surface area contributed by atoms with E-state index >= 15 is 0 Å². The van der Waals surface area contributed by atoms with E-state index in [1.807, 2.05) is 6.92 Å². The van der Waals surface area contributed by atoms with Gasteiger partial charge in [-0.1, -0.05) is 19.3 Å². The van der Waals surface area contributed by atoms with Crippen LogP contribution in [0.4, 0.5) is 4.79 Å². The molecule has 8 heteroatoms. The molecule has 0 spiro atoms. The number of urea groups is 1. The number of rotatable bonds is 5. The van der Waals surface area contributed by atoms with E-state index in [1.165, 1.54) is 19.6 Å². The number of esters is 1. The van der Waals surface area contributed by atoms with Gasteiger partial charge in [0.1, 0.15) is 6.10 Å². The molecule has 3 amide bonds. The standard InChI is InChI=1S/C20H26N2O6/c1-12-8-13-9-14(10-16(26-2)18(13)28-12)19(24)27-11-17(23)22-20(25)21-15-6-4-3-5-7-15/h9-10,12,15H,3-8,11H2,1-2H3,(H2,21,22,23,25)/t12-/m0/s1. The van der Waals surface area contributed by atoms with Crippen molar-refractivity contribution in [3.63, 3.8) is 0 Å². The molecule has 152 valence electrons.